The number of hydrogen-bond acceptors (Lipinski definition) is 2. The average molecular weight is 221 g/mol. The molecule has 1 saturated carbocycles. The van der Waals surface area contributed by atoms with Crippen LogP contribution in [0.25, 0.3) is 0 Å². The van der Waals surface area contributed by atoms with E-state index in [1.54, 1.807) is 0 Å². The molecule has 16 heavy (non-hydrogen) atoms. The molecule has 2 rings (SSSR count). The van der Waals surface area contributed by atoms with Crippen LogP contribution in [-0.4, -0.2) is 22.6 Å². The Morgan fingerprint density at radius 1 is 1.44 bits per heavy atom. The highest BCUT2D eigenvalue weighted by atomic mass is 15.1. The van der Waals surface area contributed by atoms with E-state index in [0.29, 0.717) is 6.04 Å². The van der Waals surface area contributed by atoms with Gasteiger partial charge in [0.1, 0.15) is 5.82 Å². The van der Waals surface area contributed by atoms with Crippen molar-refractivity contribution in [3.63, 3.8) is 0 Å². The molecular weight excluding hydrogens is 198 g/mol. The predicted octanol–water partition coefficient (Wildman–Crippen LogP) is 2.40. The average Bonchev–Trinajstić information content (AvgIpc) is 2.66. The lowest BCUT2D eigenvalue weighted by Gasteiger charge is -2.38. The maximum atomic E-state index is 4.47. The van der Waals surface area contributed by atoms with E-state index in [0.717, 1.165) is 25.4 Å². The highest BCUT2D eigenvalue weighted by Crippen LogP contribution is 2.38. The summed E-state index contributed by atoms with van der Waals surface area (Å²) in [4.78, 5) is 4.47. The van der Waals surface area contributed by atoms with Crippen molar-refractivity contribution in [1.82, 2.24) is 14.9 Å². The Bertz CT molecular complexity index is 319. The van der Waals surface area contributed by atoms with Crippen LogP contribution in [0.3, 0.4) is 0 Å². The molecule has 1 aromatic rings. The summed E-state index contributed by atoms with van der Waals surface area (Å²) in [6.45, 7) is 6.63. The summed E-state index contributed by atoms with van der Waals surface area (Å²) in [6.07, 6.45) is 9.09. The molecule has 1 aliphatic rings. The van der Waals surface area contributed by atoms with Crippen molar-refractivity contribution in [2.45, 2.75) is 45.6 Å². The highest BCUT2D eigenvalue weighted by Gasteiger charge is 2.32. The van der Waals surface area contributed by atoms with Gasteiger partial charge in [0.15, 0.2) is 0 Å². The zero-order chi connectivity index (χ0) is 11.4. The van der Waals surface area contributed by atoms with Crippen molar-refractivity contribution in [3.8, 4) is 0 Å². The fourth-order valence-corrected chi connectivity index (χ4v) is 2.55. The van der Waals surface area contributed by atoms with E-state index in [4.69, 9.17) is 0 Å². The summed E-state index contributed by atoms with van der Waals surface area (Å²) in [5, 5.41) is 3.46. The number of imidazole rings is 1. The van der Waals surface area contributed by atoms with Crippen molar-refractivity contribution < 1.29 is 0 Å². The van der Waals surface area contributed by atoms with Gasteiger partial charge in [-0.05, 0) is 38.3 Å². The maximum absolute atomic E-state index is 4.47. The van der Waals surface area contributed by atoms with Crippen LogP contribution >= 0.6 is 0 Å². The van der Waals surface area contributed by atoms with Crippen molar-refractivity contribution in [3.05, 3.63) is 18.2 Å². The number of rotatable bonds is 6. The van der Waals surface area contributed by atoms with Crippen LogP contribution in [0.15, 0.2) is 12.4 Å². The molecule has 0 spiro atoms. The molecule has 0 amide bonds. The largest absolute Gasteiger partial charge is 0.332 e. The molecular formula is C13H23N3. The molecule has 0 aliphatic heterocycles. The van der Waals surface area contributed by atoms with Crippen molar-refractivity contribution in [1.29, 1.82) is 0 Å². The summed E-state index contributed by atoms with van der Waals surface area (Å²) in [6, 6.07) is 0.697. The van der Waals surface area contributed by atoms with Crippen LogP contribution in [0.1, 0.15) is 45.0 Å². The highest BCUT2D eigenvalue weighted by molar-refractivity contribution is 5.00. The van der Waals surface area contributed by atoms with E-state index < -0.39 is 0 Å². The molecule has 3 heteroatoms. The lowest BCUT2D eigenvalue weighted by molar-refractivity contribution is 0.174. The lowest BCUT2D eigenvalue weighted by atomic mass is 9.79. The van der Waals surface area contributed by atoms with Crippen LogP contribution < -0.4 is 5.32 Å². The molecule has 1 aliphatic carbocycles. The number of hydrogen-bond donors (Lipinski definition) is 1. The van der Waals surface area contributed by atoms with Gasteiger partial charge in [-0.2, -0.15) is 0 Å². The third-order valence-electron chi connectivity index (χ3n) is 3.61. The second-order valence-electron chi connectivity index (χ2n) is 4.71. The van der Waals surface area contributed by atoms with Gasteiger partial charge in [0.05, 0.1) is 0 Å². The Morgan fingerprint density at radius 2 is 2.31 bits per heavy atom. The van der Waals surface area contributed by atoms with Crippen molar-refractivity contribution >= 4 is 0 Å². The van der Waals surface area contributed by atoms with Gasteiger partial charge in [-0.1, -0.05) is 13.8 Å². The van der Waals surface area contributed by atoms with E-state index in [-0.39, 0.29) is 0 Å². The van der Waals surface area contributed by atoms with E-state index in [1.165, 1.54) is 25.1 Å². The second kappa shape index (κ2) is 5.48. The Kier molecular flexibility index (Phi) is 3.99. The first kappa shape index (κ1) is 11.6. The van der Waals surface area contributed by atoms with Gasteiger partial charge < -0.3 is 9.88 Å². The minimum atomic E-state index is 0.697. The minimum Gasteiger partial charge on any atom is -0.332 e. The topological polar surface area (TPSA) is 29.9 Å². The third kappa shape index (κ3) is 2.29. The third-order valence-corrected chi connectivity index (χ3v) is 3.61. The lowest BCUT2D eigenvalue weighted by Crippen LogP contribution is -2.37. The number of nitrogens with zero attached hydrogens (tertiary/aromatic N) is 2. The molecule has 2 unspecified atom stereocenters. The molecule has 1 aromatic heterocycles. The van der Waals surface area contributed by atoms with Crippen LogP contribution in [-0.2, 0) is 6.42 Å². The molecule has 2 atom stereocenters. The Labute approximate surface area is 98.3 Å². The van der Waals surface area contributed by atoms with Crippen molar-refractivity contribution in [2.24, 2.45) is 5.92 Å². The van der Waals surface area contributed by atoms with Gasteiger partial charge in [0.2, 0.25) is 0 Å². The number of aryl methyl sites for hydroxylation is 1. The first-order valence-electron chi connectivity index (χ1n) is 6.59. The van der Waals surface area contributed by atoms with Gasteiger partial charge >= 0.3 is 0 Å². The standard InChI is InChI=1S/C13H23N3/c1-3-5-13-15-8-9-16(13)12-7-6-11(12)10-14-4-2/h8-9,11-12,14H,3-7,10H2,1-2H3. The van der Waals surface area contributed by atoms with Gasteiger partial charge in [0, 0.05) is 24.9 Å². The second-order valence-corrected chi connectivity index (χ2v) is 4.71. The molecule has 0 aromatic carbocycles. The zero-order valence-corrected chi connectivity index (χ0v) is 10.4. The van der Waals surface area contributed by atoms with E-state index >= 15 is 0 Å². The number of nitrogens with one attached hydrogen (secondary N) is 1. The quantitative estimate of drug-likeness (QED) is 0.799. The Balaban J connectivity index is 1.98. The van der Waals surface area contributed by atoms with Crippen LogP contribution in [0.5, 0.6) is 0 Å². The van der Waals surface area contributed by atoms with E-state index in [1.807, 2.05) is 6.20 Å². The van der Waals surface area contributed by atoms with E-state index in [2.05, 4.69) is 34.9 Å². The van der Waals surface area contributed by atoms with E-state index in [9.17, 15) is 0 Å². The molecule has 1 N–H and O–H groups in total. The number of aromatic nitrogens is 2. The van der Waals surface area contributed by atoms with Crippen molar-refractivity contribution in [2.75, 3.05) is 13.1 Å². The zero-order valence-electron chi connectivity index (χ0n) is 10.4. The minimum absolute atomic E-state index is 0.697. The summed E-state index contributed by atoms with van der Waals surface area (Å²) in [5.74, 6) is 2.08. The molecule has 0 saturated heterocycles. The predicted molar refractivity (Wildman–Crippen MR) is 66.5 cm³/mol. The van der Waals surface area contributed by atoms with Crippen LogP contribution in [0.4, 0.5) is 0 Å². The Morgan fingerprint density at radius 3 is 2.94 bits per heavy atom. The van der Waals surface area contributed by atoms with Gasteiger partial charge in [-0.25, -0.2) is 4.98 Å². The summed E-state index contributed by atoms with van der Waals surface area (Å²) >= 11 is 0. The van der Waals surface area contributed by atoms with Crippen LogP contribution in [0.2, 0.25) is 0 Å². The summed E-state index contributed by atoms with van der Waals surface area (Å²) < 4.78 is 2.41. The smallest absolute Gasteiger partial charge is 0.108 e. The van der Waals surface area contributed by atoms with Gasteiger partial charge in [0.25, 0.3) is 0 Å². The molecule has 1 heterocycles. The fourth-order valence-electron chi connectivity index (χ4n) is 2.55. The maximum Gasteiger partial charge on any atom is 0.108 e. The summed E-state index contributed by atoms with van der Waals surface area (Å²) in [7, 11) is 0. The SMILES string of the molecule is CCCc1nccn1C1CCC1CNCC. The monoisotopic (exact) mass is 221 g/mol. The molecule has 0 bridgehead atoms. The van der Waals surface area contributed by atoms with Gasteiger partial charge in [-0.15, -0.1) is 0 Å². The molecule has 0 radical (unpaired) electrons. The molecule has 3 nitrogen and oxygen atoms in total. The Hall–Kier alpha value is -0.830. The first-order chi connectivity index (χ1) is 7.86. The van der Waals surface area contributed by atoms with Gasteiger partial charge in [-0.3, -0.25) is 0 Å². The normalized spacial score (nSPS) is 24.4. The summed E-state index contributed by atoms with van der Waals surface area (Å²) in [5.41, 5.74) is 0. The van der Waals surface area contributed by atoms with Crippen LogP contribution in [0, 0.1) is 5.92 Å². The fraction of sp³-hybridized carbons (Fsp3) is 0.769. The molecule has 1 fully saturated rings. The first-order valence-corrected chi connectivity index (χ1v) is 6.59. The molecule has 90 valence electrons.